The summed E-state index contributed by atoms with van der Waals surface area (Å²) in [4.78, 5) is 0. The molecule has 1 N–H and O–H groups in total. The molecule has 0 atom stereocenters. The van der Waals surface area contributed by atoms with E-state index in [1.807, 2.05) is 49.4 Å². The Bertz CT molecular complexity index is 585. The van der Waals surface area contributed by atoms with Gasteiger partial charge >= 0.3 is 0 Å². The second kappa shape index (κ2) is 4.90. The minimum Gasteiger partial charge on any atom is -0.355 e. The Hall–Kier alpha value is -1.98. The van der Waals surface area contributed by atoms with Crippen LogP contribution in [-0.4, -0.2) is 0 Å². The van der Waals surface area contributed by atoms with Crippen molar-refractivity contribution >= 4 is 23.0 Å². The largest absolute Gasteiger partial charge is 0.355 e. The van der Waals surface area contributed by atoms with Crippen molar-refractivity contribution in [3.05, 3.63) is 58.6 Å². The molecule has 2 aromatic carbocycles. The Morgan fingerprint density at radius 2 is 1.88 bits per heavy atom. The van der Waals surface area contributed by atoms with Gasteiger partial charge < -0.3 is 5.32 Å². The van der Waals surface area contributed by atoms with Gasteiger partial charge in [0.2, 0.25) is 0 Å². The molecule has 0 amide bonds. The fourth-order valence-corrected chi connectivity index (χ4v) is 1.79. The van der Waals surface area contributed by atoms with Gasteiger partial charge in [-0.3, -0.25) is 0 Å². The Kier molecular flexibility index (Phi) is 3.32. The van der Waals surface area contributed by atoms with Gasteiger partial charge in [-0.2, -0.15) is 5.26 Å². The molecule has 0 aliphatic heterocycles. The molecule has 0 saturated heterocycles. The summed E-state index contributed by atoms with van der Waals surface area (Å²) in [6, 6.07) is 15.3. The summed E-state index contributed by atoms with van der Waals surface area (Å²) in [5.41, 5.74) is 3.53. The van der Waals surface area contributed by atoms with Gasteiger partial charge in [-0.25, -0.2) is 0 Å². The van der Waals surface area contributed by atoms with E-state index >= 15 is 0 Å². The molecule has 2 rings (SSSR count). The van der Waals surface area contributed by atoms with Gasteiger partial charge in [-0.05, 0) is 48.9 Å². The number of aryl methyl sites for hydroxylation is 1. The summed E-state index contributed by atoms with van der Waals surface area (Å²) in [6.45, 7) is 1.92. The lowest BCUT2D eigenvalue weighted by Crippen LogP contribution is -1.91. The van der Waals surface area contributed by atoms with Crippen LogP contribution in [0.3, 0.4) is 0 Å². The predicted octanol–water partition coefficient (Wildman–Crippen LogP) is 4.26. The van der Waals surface area contributed by atoms with Crippen molar-refractivity contribution < 1.29 is 0 Å². The van der Waals surface area contributed by atoms with E-state index in [0.29, 0.717) is 10.6 Å². The molecule has 0 aromatic heterocycles. The number of hydrogen-bond acceptors (Lipinski definition) is 2. The second-order valence-electron chi connectivity index (χ2n) is 3.78. The zero-order valence-electron chi connectivity index (χ0n) is 9.37. The van der Waals surface area contributed by atoms with Gasteiger partial charge in [0.1, 0.15) is 0 Å². The van der Waals surface area contributed by atoms with Gasteiger partial charge in [0, 0.05) is 16.4 Å². The van der Waals surface area contributed by atoms with E-state index in [4.69, 9.17) is 16.9 Å². The van der Waals surface area contributed by atoms with Crippen LogP contribution in [0.1, 0.15) is 11.1 Å². The molecule has 0 unspecified atom stereocenters. The van der Waals surface area contributed by atoms with E-state index in [1.54, 1.807) is 0 Å². The standard InChI is InChI=1S/C14H11ClN2/c1-10-7-14(6-5-11(10)9-16)17-13-4-2-3-12(15)8-13/h2-8,17H,1H3. The number of nitriles is 1. The molecule has 0 aliphatic rings. The fourth-order valence-electron chi connectivity index (χ4n) is 1.60. The number of hydrogen-bond donors (Lipinski definition) is 1. The van der Waals surface area contributed by atoms with Crippen molar-refractivity contribution in [2.24, 2.45) is 0 Å². The highest BCUT2D eigenvalue weighted by Gasteiger charge is 2.00. The van der Waals surface area contributed by atoms with Crippen LogP contribution in [0, 0.1) is 18.3 Å². The average molecular weight is 243 g/mol. The van der Waals surface area contributed by atoms with Crippen molar-refractivity contribution in [3.8, 4) is 6.07 Å². The van der Waals surface area contributed by atoms with Crippen molar-refractivity contribution in [2.75, 3.05) is 5.32 Å². The van der Waals surface area contributed by atoms with E-state index in [0.717, 1.165) is 16.9 Å². The minimum absolute atomic E-state index is 0.695. The van der Waals surface area contributed by atoms with Crippen LogP contribution in [0.5, 0.6) is 0 Å². The molecule has 0 bridgehead atoms. The first-order chi connectivity index (χ1) is 8.19. The number of halogens is 1. The fraction of sp³-hybridized carbons (Fsp3) is 0.0714. The molecule has 0 fully saturated rings. The maximum Gasteiger partial charge on any atom is 0.0994 e. The third-order valence-corrected chi connectivity index (χ3v) is 2.70. The molecule has 0 saturated carbocycles. The molecule has 84 valence electrons. The Labute approximate surface area is 105 Å². The normalized spacial score (nSPS) is 9.71. The smallest absolute Gasteiger partial charge is 0.0994 e. The lowest BCUT2D eigenvalue weighted by atomic mass is 10.1. The number of rotatable bonds is 2. The highest BCUT2D eigenvalue weighted by molar-refractivity contribution is 6.30. The first-order valence-corrected chi connectivity index (χ1v) is 5.60. The van der Waals surface area contributed by atoms with E-state index in [-0.39, 0.29) is 0 Å². The summed E-state index contributed by atoms with van der Waals surface area (Å²) < 4.78 is 0. The predicted molar refractivity (Wildman–Crippen MR) is 70.6 cm³/mol. The maximum absolute atomic E-state index is 8.85. The number of nitrogens with zero attached hydrogens (tertiary/aromatic N) is 1. The number of nitrogens with one attached hydrogen (secondary N) is 1. The topological polar surface area (TPSA) is 35.8 Å². The molecule has 2 nitrogen and oxygen atoms in total. The van der Waals surface area contributed by atoms with Gasteiger partial charge in [0.15, 0.2) is 0 Å². The van der Waals surface area contributed by atoms with E-state index < -0.39 is 0 Å². The lowest BCUT2D eigenvalue weighted by Gasteiger charge is -2.08. The SMILES string of the molecule is Cc1cc(Nc2cccc(Cl)c2)ccc1C#N. The molecule has 3 heteroatoms. The van der Waals surface area contributed by atoms with Crippen LogP contribution < -0.4 is 5.32 Å². The molecule has 0 heterocycles. The van der Waals surface area contributed by atoms with Crippen LogP contribution in [0.2, 0.25) is 5.02 Å². The Morgan fingerprint density at radius 1 is 1.12 bits per heavy atom. The van der Waals surface area contributed by atoms with Gasteiger partial charge in [-0.15, -0.1) is 0 Å². The van der Waals surface area contributed by atoms with Crippen molar-refractivity contribution in [1.82, 2.24) is 0 Å². The quantitative estimate of drug-likeness (QED) is 0.854. The molecule has 0 spiro atoms. The third-order valence-electron chi connectivity index (χ3n) is 2.46. The van der Waals surface area contributed by atoms with Crippen LogP contribution in [-0.2, 0) is 0 Å². The zero-order valence-corrected chi connectivity index (χ0v) is 10.1. The number of benzene rings is 2. The molecule has 2 aromatic rings. The third kappa shape index (κ3) is 2.77. The monoisotopic (exact) mass is 242 g/mol. The minimum atomic E-state index is 0.695. The second-order valence-corrected chi connectivity index (χ2v) is 4.21. The van der Waals surface area contributed by atoms with Crippen LogP contribution in [0.25, 0.3) is 0 Å². The summed E-state index contributed by atoms with van der Waals surface area (Å²) in [6.07, 6.45) is 0. The van der Waals surface area contributed by atoms with Crippen molar-refractivity contribution in [3.63, 3.8) is 0 Å². The maximum atomic E-state index is 8.85. The average Bonchev–Trinajstić information content (AvgIpc) is 2.29. The molecule has 0 radical (unpaired) electrons. The summed E-state index contributed by atoms with van der Waals surface area (Å²) in [5, 5.41) is 12.8. The van der Waals surface area contributed by atoms with Gasteiger partial charge in [-0.1, -0.05) is 17.7 Å². The van der Waals surface area contributed by atoms with Crippen LogP contribution in [0.15, 0.2) is 42.5 Å². The lowest BCUT2D eigenvalue weighted by molar-refractivity contribution is 1.39. The highest BCUT2D eigenvalue weighted by Crippen LogP contribution is 2.21. The van der Waals surface area contributed by atoms with Crippen molar-refractivity contribution in [1.29, 1.82) is 5.26 Å². The highest BCUT2D eigenvalue weighted by atomic mass is 35.5. The zero-order chi connectivity index (χ0) is 12.3. The van der Waals surface area contributed by atoms with Gasteiger partial charge in [0.05, 0.1) is 11.6 Å². The van der Waals surface area contributed by atoms with Crippen LogP contribution in [0.4, 0.5) is 11.4 Å². The van der Waals surface area contributed by atoms with Crippen LogP contribution >= 0.6 is 11.6 Å². The molecular formula is C14H11ClN2. The van der Waals surface area contributed by atoms with Crippen molar-refractivity contribution in [2.45, 2.75) is 6.92 Å². The van der Waals surface area contributed by atoms with E-state index in [9.17, 15) is 0 Å². The first-order valence-electron chi connectivity index (χ1n) is 5.22. The van der Waals surface area contributed by atoms with Gasteiger partial charge in [0.25, 0.3) is 0 Å². The molecule has 17 heavy (non-hydrogen) atoms. The molecule has 0 aliphatic carbocycles. The summed E-state index contributed by atoms with van der Waals surface area (Å²) in [7, 11) is 0. The summed E-state index contributed by atoms with van der Waals surface area (Å²) >= 11 is 5.91. The Balaban J connectivity index is 2.25. The first kappa shape index (κ1) is 11.5. The van der Waals surface area contributed by atoms with E-state index in [1.165, 1.54) is 0 Å². The van der Waals surface area contributed by atoms with E-state index in [2.05, 4.69) is 11.4 Å². The summed E-state index contributed by atoms with van der Waals surface area (Å²) in [5.74, 6) is 0. The Morgan fingerprint density at radius 3 is 2.53 bits per heavy atom. The number of anilines is 2. The molecular weight excluding hydrogens is 232 g/mol.